The third-order valence-electron chi connectivity index (χ3n) is 4.15. The minimum Gasteiger partial charge on any atom is -0.369 e. The van der Waals surface area contributed by atoms with Crippen molar-refractivity contribution < 1.29 is 13.2 Å². The van der Waals surface area contributed by atoms with Crippen LogP contribution in [0.15, 0.2) is 40.6 Å². The molecule has 0 saturated carbocycles. The molecule has 1 aromatic carbocycles. The van der Waals surface area contributed by atoms with Gasteiger partial charge in [0.15, 0.2) is 0 Å². The number of nitrogens with zero attached hydrogens (tertiary/aromatic N) is 2. The lowest BCUT2D eigenvalue weighted by molar-refractivity contribution is -0.119. The minimum absolute atomic E-state index is 0.139. The Labute approximate surface area is 162 Å². The number of sulfonamides is 1. The number of thiophene rings is 1. The van der Waals surface area contributed by atoms with Crippen LogP contribution in [-0.4, -0.2) is 44.8 Å². The lowest BCUT2D eigenvalue weighted by Gasteiger charge is -2.35. The van der Waals surface area contributed by atoms with Gasteiger partial charge in [-0.05, 0) is 30.3 Å². The van der Waals surface area contributed by atoms with Crippen LogP contribution in [0.3, 0.4) is 0 Å². The third kappa shape index (κ3) is 4.37. The predicted molar refractivity (Wildman–Crippen MR) is 104 cm³/mol. The van der Waals surface area contributed by atoms with Crippen molar-refractivity contribution in [1.82, 2.24) is 9.62 Å². The van der Waals surface area contributed by atoms with Crippen LogP contribution in [0.5, 0.6) is 0 Å². The van der Waals surface area contributed by atoms with E-state index in [2.05, 4.69) is 10.2 Å². The van der Waals surface area contributed by atoms with E-state index in [4.69, 9.17) is 11.6 Å². The summed E-state index contributed by atoms with van der Waals surface area (Å²) in [5.74, 6) is -0.139. The maximum Gasteiger partial charge on any atom is 0.252 e. The molecule has 0 unspecified atom stereocenters. The highest BCUT2D eigenvalue weighted by molar-refractivity contribution is 7.91. The van der Waals surface area contributed by atoms with Crippen molar-refractivity contribution in [3.63, 3.8) is 0 Å². The van der Waals surface area contributed by atoms with E-state index in [9.17, 15) is 13.2 Å². The Hall–Kier alpha value is -1.61. The minimum atomic E-state index is -3.51. The summed E-state index contributed by atoms with van der Waals surface area (Å²) in [6.45, 7) is 3.86. The van der Waals surface area contributed by atoms with Gasteiger partial charge in [0.25, 0.3) is 10.0 Å². The maximum absolute atomic E-state index is 12.8. The molecule has 1 fully saturated rings. The standard InChI is InChI=1S/C17H20ClN3O3S2/c1-13(22)19-12-16-5-6-17(25-16)26(23,24)21-9-7-20(8-10-21)15-4-2-3-14(18)11-15/h2-6,11H,7-10,12H2,1H3,(H,19,22). The highest BCUT2D eigenvalue weighted by atomic mass is 35.5. The molecule has 1 N–H and O–H groups in total. The van der Waals surface area contributed by atoms with Gasteiger partial charge >= 0.3 is 0 Å². The molecule has 1 aromatic heterocycles. The van der Waals surface area contributed by atoms with Gasteiger partial charge in [-0.1, -0.05) is 17.7 Å². The molecule has 26 heavy (non-hydrogen) atoms. The van der Waals surface area contributed by atoms with Gasteiger partial charge in [-0.2, -0.15) is 4.31 Å². The van der Waals surface area contributed by atoms with E-state index in [1.807, 2.05) is 24.3 Å². The van der Waals surface area contributed by atoms with Crippen molar-refractivity contribution >= 4 is 44.6 Å². The van der Waals surface area contributed by atoms with Gasteiger partial charge in [0.2, 0.25) is 5.91 Å². The molecule has 3 rings (SSSR count). The lowest BCUT2D eigenvalue weighted by atomic mass is 10.2. The topological polar surface area (TPSA) is 69.7 Å². The van der Waals surface area contributed by atoms with E-state index in [1.165, 1.54) is 22.6 Å². The largest absolute Gasteiger partial charge is 0.369 e. The lowest BCUT2D eigenvalue weighted by Crippen LogP contribution is -2.48. The third-order valence-corrected chi connectivity index (χ3v) is 7.84. The van der Waals surface area contributed by atoms with E-state index in [-0.39, 0.29) is 5.91 Å². The molecule has 9 heteroatoms. The second kappa shape index (κ2) is 7.96. The first kappa shape index (κ1) is 19.2. The van der Waals surface area contributed by atoms with Crippen LogP contribution in [0.1, 0.15) is 11.8 Å². The number of hydrogen-bond donors (Lipinski definition) is 1. The summed E-state index contributed by atoms with van der Waals surface area (Å²) in [5.41, 5.74) is 1.00. The molecule has 1 aliphatic rings. The Morgan fingerprint density at radius 2 is 1.92 bits per heavy atom. The van der Waals surface area contributed by atoms with Gasteiger partial charge in [-0.25, -0.2) is 8.42 Å². The van der Waals surface area contributed by atoms with Crippen LogP contribution in [0.25, 0.3) is 0 Å². The van der Waals surface area contributed by atoms with E-state index >= 15 is 0 Å². The molecule has 2 aromatic rings. The Kier molecular flexibility index (Phi) is 5.86. The van der Waals surface area contributed by atoms with Crippen LogP contribution < -0.4 is 10.2 Å². The number of carbonyl (C=O) groups is 1. The monoisotopic (exact) mass is 413 g/mol. The van der Waals surface area contributed by atoms with Gasteiger partial charge < -0.3 is 10.2 Å². The molecule has 0 radical (unpaired) electrons. The Morgan fingerprint density at radius 1 is 1.19 bits per heavy atom. The van der Waals surface area contributed by atoms with Crippen molar-refractivity contribution in [2.24, 2.45) is 0 Å². The first-order chi connectivity index (χ1) is 12.4. The maximum atomic E-state index is 12.8. The van der Waals surface area contributed by atoms with Crippen LogP contribution in [0.2, 0.25) is 5.02 Å². The summed E-state index contributed by atoms with van der Waals surface area (Å²) in [5, 5.41) is 3.35. The fraction of sp³-hybridized carbons (Fsp3) is 0.353. The molecule has 6 nitrogen and oxygen atoms in total. The predicted octanol–water partition coefficient (Wildman–Crippen LogP) is 2.55. The van der Waals surface area contributed by atoms with Gasteiger partial charge in [-0.15, -0.1) is 11.3 Å². The Balaban J connectivity index is 1.65. The van der Waals surface area contributed by atoms with Crippen molar-refractivity contribution in [3.05, 3.63) is 46.3 Å². The number of anilines is 1. The number of nitrogens with one attached hydrogen (secondary N) is 1. The van der Waals surface area contributed by atoms with Gasteiger partial charge in [0.1, 0.15) is 4.21 Å². The van der Waals surface area contributed by atoms with Gasteiger partial charge in [0, 0.05) is 48.7 Å². The zero-order chi connectivity index (χ0) is 18.7. The van der Waals surface area contributed by atoms with E-state index in [0.717, 1.165) is 10.6 Å². The van der Waals surface area contributed by atoms with Gasteiger partial charge in [-0.3, -0.25) is 4.79 Å². The number of piperazine rings is 1. The summed E-state index contributed by atoms with van der Waals surface area (Å²) in [6.07, 6.45) is 0. The number of carbonyl (C=O) groups excluding carboxylic acids is 1. The summed E-state index contributed by atoms with van der Waals surface area (Å²) >= 11 is 7.23. The molecule has 1 amide bonds. The quantitative estimate of drug-likeness (QED) is 0.817. The SMILES string of the molecule is CC(=O)NCc1ccc(S(=O)(=O)N2CCN(c3cccc(Cl)c3)CC2)s1. The van der Waals surface area contributed by atoms with E-state index in [0.29, 0.717) is 42.0 Å². The second-order valence-electron chi connectivity index (χ2n) is 6.00. The highest BCUT2D eigenvalue weighted by Gasteiger charge is 2.29. The second-order valence-corrected chi connectivity index (χ2v) is 9.77. The van der Waals surface area contributed by atoms with Crippen LogP contribution >= 0.6 is 22.9 Å². The number of benzene rings is 1. The van der Waals surface area contributed by atoms with Crippen molar-refractivity contribution in [3.8, 4) is 0 Å². The summed E-state index contributed by atoms with van der Waals surface area (Å²) in [4.78, 5) is 13.9. The average molecular weight is 414 g/mol. The molecular formula is C17H20ClN3O3S2. The molecule has 0 spiro atoms. The van der Waals surface area contributed by atoms with Gasteiger partial charge in [0.05, 0.1) is 6.54 Å². The van der Waals surface area contributed by atoms with Crippen molar-refractivity contribution in [2.45, 2.75) is 17.7 Å². The molecule has 0 bridgehead atoms. The molecule has 2 heterocycles. The van der Waals surface area contributed by atoms with Crippen LogP contribution in [0.4, 0.5) is 5.69 Å². The molecular weight excluding hydrogens is 394 g/mol. The molecule has 1 saturated heterocycles. The van der Waals surface area contributed by atoms with Crippen LogP contribution in [0, 0.1) is 0 Å². The van der Waals surface area contributed by atoms with E-state index in [1.54, 1.807) is 12.1 Å². The summed E-state index contributed by atoms with van der Waals surface area (Å²) < 4.78 is 27.5. The first-order valence-corrected chi connectivity index (χ1v) is 10.8. The Bertz CT molecular complexity index is 890. The molecule has 0 aliphatic carbocycles. The normalized spacial score (nSPS) is 15.8. The Morgan fingerprint density at radius 3 is 2.58 bits per heavy atom. The zero-order valence-corrected chi connectivity index (χ0v) is 16.7. The number of hydrogen-bond acceptors (Lipinski definition) is 5. The fourth-order valence-electron chi connectivity index (χ4n) is 2.79. The molecule has 1 aliphatic heterocycles. The summed E-state index contributed by atoms with van der Waals surface area (Å²) in [7, 11) is -3.51. The van der Waals surface area contributed by atoms with E-state index < -0.39 is 10.0 Å². The fourth-order valence-corrected chi connectivity index (χ4v) is 5.85. The molecule has 0 atom stereocenters. The number of amides is 1. The zero-order valence-electron chi connectivity index (χ0n) is 14.3. The highest BCUT2D eigenvalue weighted by Crippen LogP contribution is 2.27. The first-order valence-electron chi connectivity index (χ1n) is 8.20. The molecule has 140 valence electrons. The van der Waals surface area contributed by atoms with Crippen molar-refractivity contribution in [1.29, 1.82) is 0 Å². The van der Waals surface area contributed by atoms with Crippen LogP contribution in [-0.2, 0) is 21.4 Å². The smallest absolute Gasteiger partial charge is 0.252 e. The average Bonchev–Trinajstić information content (AvgIpc) is 3.10. The number of rotatable bonds is 5. The summed E-state index contributed by atoms with van der Waals surface area (Å²) in [6, 6.07) is 10.9. The van der Waals surface area contributed by atoms with Crippen molar-refractivity contribution in [2.75, 3.05) is 31.1 Å². The number of halogens is 1.